The standard InChI is InChI=1S/C12H16NO2/c1-14-10-2-4-11(5-3-10)15-12-6-8-13-9-7-12/h2-5,12H,6-9H2,1H3. The van der Waals surface area contributed by atoms with Gasteiger partial charge in [-0.2, -0.15) is 0 Å². The monoisotopic (exact) mass is 206 g/mol. The average Bonchev–Trinajstić information content (AvgIpc) is 2.31. The molecular weight excluding hydrogens is 190 g/mol. The Morgan fingerprint density at radius 1 is 1.07 bits per heavy atom. The van der Waals surface area contributed by atoms with Crippen LogP contribution in [0.15, 0.2) is 24.3 Å². The Hall–Kier alpha value is -1.22. The summed E-state index contributed by atoms with van der Waals surface area (Å²) in [6.45, 7) is 1.86. The number of methoxy groups -OCH3 is 1. The maximum absolute atomic E-state index is 5.84. The van der Waals surface area contributed by atoms with Crippen molar-refractivity contribution in [1.29, 1.82) is 0 Å². The number of rotatable bonds is 3. The van der Waals surface area contributed by atoms with Crippen LogP contribution in [0, 0.1) is 0 Å². The highest BCUT2D eigenvalue weighted by atomic mass is 16.5. The van der Waals surface area contributed by atoms with Crippen molar-refractivity contribution < 1.29 is 9.47 Å². The summed E-state index contributed by atoms with van der Waals surface area (Å²) in [6, 6.07) is 7.74. The van der Waals surface area contributed by atoms with E-state index in [1.54, 1.807) is 7.11 Å². The Labute approximate surface area is 90.4 Å². The van der Waals surface area contributed by atoms with Gasteiger partial charge in [-0.05, 0) is 37.1 Å². The molecule has 81 valence electrons. The van der Waals surface area contributed by atoms with Gasteiger partial charge in [0, 0.05) is 13.1 Å². The van der Waals surface area contributed by atoms with Gasteiger partial charge in [-0.1, -0.05) is 0 Å². The highest BCUT2D eigenvalue weighted by Crippen LogP contribution is 2.20. The van der Waals surface area contributed by atoms with E-state index in [4.69, 9.17) is 9.47 Å². The van der Waals surface area contributed by atoms with Crippen molar-refractivity contribution in [3.8, 4) is 11.5 Å². The molecule has 1 heterocycles. The Balaban J connectivity index is 1.91. The molecule has 0 spiro atoms. The third kappa shape index (κ3) is 2.86. The van der Waals surface area contributed by atoms with Crippen LogP contribution in [0.2, 0.25) is 0 Å². The summed E-state index contributed by atoms with van der Waals surface area (Å²) in [5.74, 6) is 1.78. The largest absolute Gasteiger partial charge is 0.497 e. The Bertz CT molecular complexity index is 291. The molecule has 0 bridgehead atoms. The lowest BCUT2D eigenvalue weighted by Gasteiger charge is -2.22. The molecule has 0 atom stereocenters. The van der Waals surface area contributed by atoms with E-state index in [9.17, 15) is 0 Å². The fourth-order valence-corrected chi connectivity index (χ4v) is 1.69. The molecule has 1 fully saturated rings. The van der Waals surface area contributed by atoms with Gasteiger partial charge in [0.05, 0.1) is 7.11 Å². The molecule has 1 saturated heterocycles. The molecule has 1 radical (unpaired) electrons. The summed E-state index contributed by atoms with van der Waals surface area (Å²) in [6.07, 6.45) is 2.40. The second-order valence-corrected chi connectivity index (χ2v) is 3.66. The lowest BCUT2D eigenvalue weighted by atomic mass is 10.1. The zero-order chi connectivity index (χ0) is 10.5. The molecule has 0 amide bonds. The highest BCUT2D eigenvalue weighted by molar-refractivity contribution is 5.31. The molecule has 1 aliphatic rings. The summed E-state index contributed by atoms with van der Waals surface area (Å²) >= 11 is 0. The van der Waals surface area contributed by atoms with Crippen LogP contribution in [0.5, 0.6) is 11.5 Å². The Morgan fingerprint density at radius 2 is 1.67 bits per heavy atom. The van der Waals surface area contributed by atoms with E-state index < -0.39 is 0 Å². The van der Waals surface area contributed by atoms with E-state index in [1.165, 1.54) is 0 Å². The molecule has 1 aromatic rings. The number of benzene rings is 1. The van der Waals surface area contributed by atoms with E-state index in [1.807, 2.05) is 24.3 Å². The predicted molar refractivity (Wildman–Crippen MR) is 58.5 cm³/mol. The molecule has 0 N–H and O–H groups in total. The zero-order valence-corrected chi connectivity index (χ0v) is 8.98. The first-order chi connectivity index (χ1) is 7.38. The maximum atomic E-state index is 5.84. The molecule has 2 rings (SSSR count). The predicted octanol–water partition coefficient (Wildman–Crippen LogP) is 1.84. The molecule has 3 heteroatoms. The number of ether oxygens (including phenoxy) is 2. The van der Waals surface area contributed by atoms with Crippen molar-refractivity contribution in [2.75, 3.05) is 20.2 Å². The van der Waals surface area contributed by atoms with Crippen molar-refractivity contribution in [1.82, 2.24) is 5.32 Å². The van der Waals surface area contributed by atoms with Crippen LogP contribution in [0.1, 0.15) is 12.8 Å². The van der Waals surface area contributed by atoms with Crippen molar-refractivity contribution in [3.05, 3.63) is 24.3 Å². The third-order valence-corrected chi connectivity index (χ3v) is 2.58. The van der Waals surface area contributed by atoms with Crippen LogP contribution in [0.3, 0.4) is 0 Å². The van der Waals surface area contributed by atoms with Crippen LogP contribution < -0.4 is 14.8 Å². The molecule has 0 saturated carbocycles. The van der Waals surface area contributed by atoms with Gasteiger partial charge in [0.25, 0.3) is 0 Å². The van der Waals surface area contributed by atoms with E-state index >= 15 is 0 Å². The van der Waals surface area contributed by atoms with Gasteiger partial charge in [-0.15, -0.1) is 0 Å². The SMILES string of the molecule is COc1ccc(OC2CC[N]CC2)cc1. The van der Waals surface area contributed by atoms with Gasteiger partial charge >= 0.3 is 0 Å². The average molecular weight is 206 g/mol. The van der Waals surface area contributed by atoms with Gasteiger partial charge in [0.1, 0.15) is 17.6 Å². The normalized spacial score (nSPS) is 17.4. The van der Waals surface area contributed by atoms with Crippen LogP contribution >= 0.6 is 0 Å². The van der Waals surface area contributed by atoms with E-state index in [0.29, 0.717) is 6.10 Å². The van der Waals surface area contributed by atoms with Crippen LogP contribution in [0.25, 0.3) is 0 Å². The molecular formula is C12H16NO2. The second-order valence-electron chi connectivity index (χ2n) is 3.66. The van der Waals surface area contributed by atoms with Crippen molar-refractivity contribution >= 4 is 0 Å². The number of hydrogen-bond donors (Lipinski definition) is 0. The van der Waals surface area contributed by atoms with Crippen LogP contribution in [-0.4, -0.2) is 26.3 Å². The number of piperidine rings is 1. The smallest absolute Gasteiger partial charge is 0.119 e. The topological polar surface area (TPSA) is 32.6 Å². The minimum atomic E-state index is 0.330. The molecule has 0 aromatic heterocycles. The van der Waals surface area contributed by atoms with Crippen LogP contribution in [-0.2, 0) is 0 Å². The van der Waals surface area contributed by atoms with E-state index in [2.05, 4.69) is 5.32 Å². The first kappa shape index (κ1) is 10.3. The Morgan fingerprint density at radius 3 is 2.27 bits per heavy atom. The van der Waals surface area contributed by atoms with E-state index in [0.717, 1.165) is 37.4 Å². The van der Waals surface area contributed by atoms with Gasteiger partial charge in [-0.25, -0.2) is 5.32 Å². The lowest BCUT2D eigenvalue weighted by molar-refractivity contribution is 0.161. The van der Waals surface area contributed by atoms with Crippen molar-refractivity contribution in [2.45, 2.75) is 18.9 Å². The molecule has 1 aromatic carbocycles. The number of hydrogen-bond acceptors (Lipinski definition) is 2. The lowest BCUT2D eigenvalue weighted by Crippen LogP contribution is -2.30. The van der Waals surface area contributed by atoms with Crippen LogP contribution in [0.4, 0.5) is 0 Å². The molecule has 1 aliphatic heterocycles. The quantitative estimate of drug-likeness (QED) is 0.756. The molecule has 0 unspecified atom stereocenters. The summed E-state index contributed by atoms with van der Waals surface area (Å²) in [4.78, 5) is 0. The minimum absolute atomic E-state index is 0.330. The first-order valence-electron chi connectivity index (χ1n) is 5.32. The fraction of sp³-hybridized carbons (Fsp3) is 0.500. The maximum Gasteiger partial charge on any atom is 0.119 e. The fourth-order valence-electron chi connectivity index (χ4n) is 1.69. The highest BCUT2D eigenvalue weighted by Gasteiger charge is 2.14. The molecule has 15 heavy (non-hydrogen) atoms. The third-order valence-electron chi connectivity index (χ3n) is 2.58. The molecule has 3 nitrogen and oxygen atoms in total. The van der Waals surface area contributed by atoms with Gasteiger partial charge in [-0.3, -0.25) is 0 Å². The summed E-state index contributed by atoms with van der Waals surface area (Å²) in [5, 5.41) is 4.30. The van der Waals surface area contributed by atoms with Crippen molar-refractivity contribution in [3.63, 3.8) is 0 Å². The van der Waals surface area contributed by atoms with Crippen molar-refractivity contribution in [2.24, 2.45) is 0 Å². The summed E-state index contributed by atoms with van der Waals surface area (Å²) in [5.41, 5.74) is 0. The molecule has 0 aliphatic carbocycles. The number of nitrogens with zero attached hydrogens (tertiary/aromatic N) is 1. The summed E-state index contributed by atoms with van der Waals surface area (Å²) in [7, 11) is 1.67. The van der Waals surface area contributed by atoms with Gasteiger partial charge in [0.15, 0.2) is 0 Å². The van der Waals surface area contributed by atoms with E-state index in [-0.39, 0.29) is 0 Å². The Kier molecular flexibility index (Phi) is 3.45. The zero-order valence-electron chi connectivity index (χ0n) is 8.98. The second kappa shape index (κ2) is 5.03. The summed E-state index contributed by atoms with van der Waals surface area (Å²) < 4.78 is 10.9. The van der Waals surface area contributed by atoms with Gasteiger partial charge in [0.2, 0.25) is 0 Å². The first-order valence-corrected chi connectivity index (χ1v) is 5.32. The van der Waals surface area contributed by atoms with Gasteiger partial charge < -0.3 is 9.47 Å². The minimum Gasteiger partial charge on any atom is -0.497 e.